The molecule has 1 aliphatic carbocycles. The molecule has 1 aromatic rings. The first-order valence-corrected chi connectivity index (χ1v) is 6.63. The van der Waals surface area contributed by atoms with Crippen LogP contribution in [0.25, 0.3) is 0 Å². The summed E-state index contributed by atoms with van der Waals surface area (Å²) in [5.74, 6) is -0.0439. The van der Waals surface area contributed by atoms with E-state index in [1.165, 1.54) is 11.3 Å². The van der Waals surface area contributed by atoms with Gasteiger partial charge in [-0.3, -0.25) is 4.79 Å². The predicted molar refractivity (Wildman–Crippen MR) is 63.9 cm³/mol. The summed E-state index contributed by atoms with van der Waals surface area (Å²) in [6.45, 7) is 0.870. The lowest BCUT2D eigenvalue weighted by molar-refractivity contribution is -0.123. The van der Waals surface area contributed by atoms with Gasteiger partial charge in [-0.05, 0) is 36.8 Å². The van der Waals surface area contributed by atoms with Crippen LogP contribution in [-0.4, -0.2) is 18.6 Å². The number of thiophene rings is 1. The van der Waals surface area contributed by atoms with Gasteiger partial charge < -0.3 is 5.32 Å². The Morgan fingerprint density at radius 2 is 2.28 bits per heavy atom. The minimum Gasteiger partial charge on any atom is -0.342 e. The Hall–Kier alpha value is -1.04. The standard InChI is InChI=1S/C12H14F3NOS/c1-7-2-3-9-8(4-7)5-10(18-9)11(17)16-6-12(13,14)15/h5,7H,2-4,6H2,1H3,(H,16,17)/t7-/m0/s1. The highest BCUT2D eigenvalue weighted by atomic mass is 32.1. The average molecular weight is 277 g/mol. The van der Waals surface area contributed by atoms with Crippen molar-refractivity contribution in [3.05, 3.63) is 21.4 Å². The van der Waals surface area contributed by atoms with E-state index >= 15 is 0 Å². The fourth-order valence-corrected chi connectivity index (χ4v) is 3.21. The van der Waals surface area contributed by atoms with Gasteiger partial charge >= 0.3 is 6.18 Å². The van der Waals surface area contributed by atoms with Crippen molar-refractivity contribution < 1.29 is 18.0 Å². The first kappa shape index (κ1) is 13.4. The van der Waals surface area contributed by atoms with Gasteiger partial charge in [-0.15, -0.1) is 11.3 Å². The largest absolute Gasteiger partial charge is 0.405 e. The lowest BCUT2D eigenvalue weighted by Crippen LogP contribution is -2.33. The van der Waals surface area contributed by atoms with Gasteiger partial charge in [-0.25, -0.2) is 0 Å². The molecule has 0 saturated heterocycles. The van der Waals surface area contributed by atoms with Crippen LogP contribution in [0.2, 0.25) is 0 Å². The minimum absolute atomic E-state index is 0.387. The van der Waals surface area contributed by atoms with Crippen LogP contribution >= 0.6 is 11.3 Å². The average Bonchev–Trinajstić information content (AvgIpc) is 2.67. The van der Waals surface area contributed by atoms with Crippen molar-refractivity contribution in [2.24, 2.45) is 5.92 Å². The number of halogens is 3. The Bertz CT molecular complexity index is 453. The van der Waals surface area contributed by atoms with Crippen molar-refractivity contribution >= 4 is 17.2 Å². The van der Waals surface area contributed by atoms with Gasteiger partial charge in [-0.2, -0.15) is 13.2 Å². The number of carbonyl (C=O) groups is 1. The molecule has 0 bridgehead atoms. The zero-order valence-corrected chi connectivity index (χ0v) is 10.8. The molecule has 0 aromatic carbocycles. The third kappa shape index (κ3) is 3.25. The predicted octanol–water partition coefficient (Wildman–Crippen LogP) is 3.17. The van der Waals surface area contributed by atoms with Crippen LogP contribution in [0.15, 0.2) is 6.07 Å². The number of amides is 1. The van der Waals surface area contributed by atoms with E-state index in [-0.39, 0.29) is 0 Å². The van der Waals surface area contributed by atoms with E-state index in [0.717, 1.165) is 29.7 Å². The zero-order valence-electron chi connectivity index (χ0n) is 9.93. The van der Waals surface area contributed by atoms with E-state index in [1.807, 2.05) is 5.32 Å². The van der Waals surface area contributed by atoms with Crippen LogP contribution in [0.5, 0.6) is 0 Å². The van der Waals surface area contributed by atoms with Crippen LogP contribution in [0.3, 0.4) is 0 Å². The smallest absolute Gasteiger partial charge is 0.342 e. The normalized spacial score (nSPS) is 19.4. The van der Waals surface area contributed by atoms with Crippen molar-refractivity contribution in [1.29, 1.82) is 0 Å². The van der Waals surface area contributed by atoms with Crippen molar-refractivity contribution in [2.75, 3.05) is 6.54 Å². The van der Waals surface area contributed by atoms with Crippen molar-refractivity contribution in [1.82, 2.24) is 5.32 Å². The molecule has 0 fully saturated rings. The Labute approximate surface area is 107 Å². The molecule has 0 spiro atoms. The summed E-state index contributed by atoms with van der Waals surface area (Å²) in [5.41, 5.74) is 1.12. The Morgan fingerprint density at radius 1 is 1.56 bits per heavy atom. The summed E-state index contributed by atoms with van der Waals surface area (Å²) in [6, 6.07) is 1.74. The van der Waals surface area contributed by atoms with Gasteiger partial charge in [0.2, 0.25) is 0 Å². The topological polar surface area (TPSA) is 29.1 Å². The first-order valence-electron chi connectivity index (χ1n) is 5.81. The monoisotopic (exact) mass is 277 g/mol. The quantitative estimate of drug-likeness (QED) is 0.884. The molecule has 0 unspecified atom stereocenters. The fraction of sp³-hybridized carbons (Fsp3) is 0.583. The maximum absolute atomic E-state index is 12.0. The second-order valence-corrected chi connectivity index (χ2v) is 5.84. The zero-order chi connectivity index (χ0) is 13.3. The molecule has 2 nitrogen and oxygen atoms in total. The lowest BCUT2D eigenvalue weighted by atomic mass is 9.90. The van der Waals surface area contributed by atoms with Gasteiger partial charge in [-0.1, -0.05) is 6.92 Å². The van der Waals surface area contributed by atoms with Crippen LogP contribution in [0.4, 0.5) is 13.2 Å². The summed E-state index contributed by atoms with van der Waals surface area (Å²) < 4.78 is 36.0. The van der Waals surface area contributed by atoms with E-state index in [0.29, 0.717) is 10.8 Å². The number of hydrogen-bond donors (Lipinski definition) is 1. The molecule has 6 heteroatoms. The first-order chi connectivity index (χ1) is 8.35. The molecular weight excluding hydrogens is 263 g/mol. The van der Waals surface area contributed by atoms with Gasteiger partial charge in [0.1, 0.15) is 6.54 Å². The number of aryl methyl sites for hydroxylation is 1. The fourth-order valence-electron chi connectivity index (χ4n) is 2.09. The number of nitrogens with one attached hydrogen (secondary N) is 1. The molecule has 0 aliphatic heterocycles. The SMILES string of the molecule is C[C@H]1CCc2sc(C(=O)NCC(F)(F)F)cc2C1. The Kier molecular flexibility index (Phi) is 3.66. The molecule has 1 aliphatic rings. The van der Waals surface area contributed by atoms with Crippen molar-refractivity contribution in [2.45, 2.75) is 32.4 Å². The molecule has 18 heavy (non-hydrogen) atoms. The van der Waals surface area contributed by atoms with E-state index < -0.39 is 18.6 Å². The molecule has 1 heterocycles. The summed E-state index contributed by atoms with van der Waals surface area (Å²) in [6.07, 6.45) is -1.44. The molecule has 0 radical (unpaired) electrons. The maximum Gasteiger partial charge on any atom is 0.405 e. The molecule has 1 atom stereocenters. The maximum atomic E-state index is 12.0. The number of fused-ring (bicyclic) bond motifs is 1. The molecule has 100 valence electrons. The van der Waals surface area contributed by atoms with Crippen LogP contribution in [0.1, 0.15) is 33.5 Å². The Balaban J connectivity index is 2.04. The molecule has 1 N–H and O–H groups in total. The Morgan fingerprint density at radius 3 is 2.94 bits per heavy atom. The van der Waals surface area contributed by atoms with Crippen molar-refractivity contribution in [3.8, 4) is 0 Å². The van der Waals surface area contributed by atoms with Crippen LogP contribution in [-0.2, 0) is 12.8 Å². The number of hydrogen-bond acceptors (Lipinski definition) is 2. The highest BCUT2D eigenvalue weighted by Crippen LogP contribution is 2.32. The van der Waals surface area contributed by atoms with Crippen molar-refractivity contribution in [3.63, 3.8) is 0 Å². The lowest BCUT2D eigenvalue weighted by Gasteiger charge is -2.16. The molecule has 1 amide bonds. The van der Waals surface area contributed by atoms with Gasteiger partial charge in [0.25, 0.3) is 5.91 Å². The third-order valence-electron chi connectivity index (χ3n) is 3.00. The minimum atomic E-state index is -4.36. The van der Waals surface area contributed by atoms with E-state index in [2.05, 4.69) is 6.92 Å². The summed E-state index contributed by atoms with van der Waals surface area (Å²) in [5, 5.41) is 1.91. The highest BCUT2D eigenvalue weighted by molar-refractivity contribution is 7.14. The third-order valence-corrected chi connectivity index (χ3v) is 4.24. The number of alkyl halides is 3. The second-order valence-electron chi connectivity index (χ2n) is 4.70. The number of carbonyl (C=O) groups excluding carboxylic acids is 1. The van der Waals surface area contributed by atoms with E-state index in [1.54, 1.807) is 6.07 Å². The van der Waals surface area contributed by atoms with Gasteiger partial charge in [0.05, 0.1) is 4.88 Å². The van der Waals surface area contributed by atoms with Crippen LogP contribution < -0.4 is 5.32 Å². The summed E-state index contributed by atoms with van der Waals surface area (Å²) in [4.78, 5) is 13.1. The van der Waals surface area contributed by atoms with Gasteiger partial charge in [0, 0.05) is 4.88 Å². The van der Waals surface area contributed by atoms with E-state index in [9.17, 15) is 18.0 Å². The van der Waals surface area contributed by atoms with Crippen LogP contribution in [0, 0.1) is 5.92 Å². The number of rotatable bonds is 2. The molecule has 1 aromatic heterocycles. The highest BCUT2D eigenvalue weighted by Gasteiger charge is 2.28. The summed E-state index contributed by atoms with van der Waals surface area (Å²) >= 11 is 1.32. The molecule has 0 saturated carbocycles. The van der Waals surface area contributed by atoms with Gasteiger partial charge in [0.15, 0.2) is 0 Å². The molecule has 2 rings (SSSR count). The second kappa shape index (κ2) is 4.91. The summed E-state index contributed by atoms with van der Waals surface area (Å²) in [7, 11) is 0. The van der Waals surface area contributed by atoms with E-state index in [4.69, 9.17) is 0 Å². The molecular formula is C12H14F3NOS.